The van der Waals surface area contributed by atoms with Gasteiger partial charge in [-0.25, -0.2) is 5.10 Å². The van der Waals surface area contributed by atoms with E-state index in [4.69, 9.17) is 12.2 Å². The van der Waals surface area contributed by atoms with Crippen LogP contribution in [0, 0.1) is 4.77 Å². The molecule has 0 aliphatic carbocycles. The fourth-order valence-electron chi connectivity index (χ4n) is 1.82. The van der Waals surface area contributed by atoms with E-state index in [0.29, 0.717) is 10.6 Å². The molecule has 104 valence electrons. The van der Waals surface area contributed by atoms with Gasteiger partial charge < -0.3 is 5.11 Å². The van der Waals surface area contributed by atoms with E-state index in [0.717, 1.165) is 11.1 Å². The minimum atomic E-state index is 0.184. The van der Waals surface area contributed by atoms with E-state index >= 15 is 0 Å². The fourth-order valence-corrected chi connectivity index (χ4v) is 2.00. The molecule has 7 heteroatoms. The average molecular weight is 297 g/mol. The molecule has 3 rings (SSSR count). The summed E-state index contributed by atoms with van der Waals surface area (Å²) in [5, 5.41) is 20.6. The van der Waals surface area contributed by atoms with Crippen LogP contribution in [0.3, 0.4) is 0 Å². The van der Waals surface area contributed by atoms with Crippen molar-refractivity contribution in [2.45, 2.75) is 0 Å². The average Bonchev–Trinajstić information content (AvgIpc) is 2.87. The third-order valence-corrected chi connectivity index (χ3v) is 3.05. The topological polar surface area (TPSA) is 79.1 Å². The fraction of sp³-hybridized carbons (Fsp3) is 0. The van der Waals surface area contributed by atoms with Gasteiger partial charge in [-0.1, -0.05) is 12.1 Å². The summed E-state index contributed by atoms with van der Waals surface area (Å²) in [5.41, 5.74) is 1.61. The lowest BCUT2D eigenvalue weighted by Gasteiger charge is -2.00. The third-order valence-electron chi connectivity index (χ3n) is 2.78. The van der Waals surface area contributed by atoms with Gasteiger partial charge in [-0.3, -0.25) is 4.98 Å². The summed E-state index contributed by atoms with van der Waals surface area (Å²) in [7, 11) is 0. The molecular formula is C14H11N5OS. The number of hydrogen-bond acceptors (Lipinski definition) is 5. The van der Waals surface area contributed by atoms with Gasteiger partial charge >= 0.3 is 0 Å². The minimum Gasteiger partial charge on any atom is -0.508 e. The van der Waals surface area contributed by atoms with E-state index < -0.39 is 0 Å². The molecule has 0 amide bonds. The molecule has 0 saturated heterocycles. The number of aromatic amines is 1. The quantitative estimate of drug-likeness (QED) is 0.575. The first-order valence-corrected chi connectivity index (χ1v) is 6.56. The molecule has 0 atom stereocenters. The van der Waals surface area contributed by atoms with Crippen molar-refractivity contribution in [1.82, 2.24) is 19.9 Å². The van der Waals surface area contributed by atoms with E-state index in [9.17, 15) is 5.11 Å². The first-order valence-electron chi connectivity index (χ1n) is 6.15. The predicted molar refractivity (Wildman–Crippen MR) is 81.7 cm³/mol. The lowest BCUT2D eigenvalue weighted by Crippen LogP contribution is -1.95. The SMILES string of the molecule is Oc1cccc(/C=N/n2c(-c3ccncc3)n[nH]c2=S)c1. The Labute approximate surface area is 125 Å². The molecule has 0 aliphatic heterocycles. The molecule has 2 N–H and O–H groups in total. The van der Waals surface area contributed by atoms with Crippen LogP contribution in [0.2, 0.25) is 0 Å². The number of hydrogen-bond donors (Lipinski definition) is 2. The van der Waals surface area contributed by atoms with E-state index in [-0.39, 0.29) is 5.75 Å². The van der Waals surface area contributed by atoms with Gasteiger partial charge in [0.1, 0.15) is 5.75 Å². The molecule has 1 aromatic carbocycles. The van der Waals surface area contributed by atoms with Gasteiger partial charge in [-0.2, -0.15) is 14.9 Å². The predicted octanol–water partition coefficient (Wildman–Crippen LogP) is 2.59. The van der Waals surface area contributed by atoms with Crippen molar-refractivity contribution in [3.05, 3.63) is 59.1 Å². The molecule has 2 heterocycles. The summed E-state index contributed by atoms with van der Waals surface area (Å²) >= 11 is 5.18. The number of nitrogens with zero attached hydrogens (tertiary/aromatic N) is 4. The Hall–Kier alpha value is -2.80. The standard InChI is InChI=1S/C14H11N5OS/c20-12-3-1-2-10(8-12)9-16-19-13(17-18-14(19)21)11-4-6-15-7-5-11/h1-9,20H,(H,18,21)/b16-9+. The van der Waals surface area contributed by atoms with Crippen LogP contribution in [0.15, 0.2) is 53.9 Å². The third kappa shape index (κ3) is 2.87. The molecule has 0 unspecified atom stereocenters. The van der Waals surface area contributed by atoms with Gasteiger partial charge in [0, 0.05) is 18.0 Å². The monoisotopic (exact) mass is 297 g/mol. The van der Waals surface area contributed by atoms with Crippen molar-refractivity contribution >= 4 is 18.4 Å². The number of H-pyrrole nitrogens is 1. The maximum atomic E-state index is 9.44. The number of aromatic nitrogens is 4. The van der Waals surface area contributed by atoms with Crippen LogP contribution in [0.5, 0.6) is 5.75 Å². The Morgan fingerprint density at radius 2 is 2.05 bits per heavy atom. The smallest absolute Gasteiger partial charge is 0.216 e. The van der Waals surface area contributed by atoms with Crippen LogP contribution in [-0.4, -0.2) is 31.2 Å². The van der Waals surface area contributed by atoms with Crippen molar-refractivity contribution in [3.8, 4) is 17.1 Å². The van der Waals surface area contributed by atoms with Crippen LogP contribution < -0.4 is 0 Å². The van der Waals surface area contributed by atoms with Gasteiger partial charge in [-0.05, 0) is 42.0 Å². The highest BCUT2D eigenvalue weighted by Crippen LogP contribution is 2.16. The summed E-state index contributed by atoms with van der Waals surface area (Å²) in [6.45, 7) is 0. The molecule has 0 radical (unpaired) electrons. The second kappa shape index (κ2) is 5.68. The summed E-state index contributed by atoms with van der Waals surface area (Å²) in [6, 6.07) is 10.4. The minimum absolute atomic E-state index is 0.184. The van der Waals surface area contributed by atoms with E-state index in [2.05, 4.69) is 20.3 Å². The van der Waals surface area contributed by atoms with E-state index in [1.54, 1.807) is 36.8 Å². The summed E-state index contributed by atoms with van der Waals surface area (Å²) < 4.78 is 1.91. The normalized spacial score (nSPS) is 11.0. The van der Waals surface area contributed by atoms with Crippen molar-refractivity contribution in [3.63, 3.8) is 0 Å². The molecule has 2 aromatic heterocycles. The zero-order valence-corrected chi connectivity index (χ0v) is 11.7. The maximum absolute atomic E-state index is 9.44. The maximum Gasteiger partial charge on any atom is 0.216 e. The highest BCUT2D eigenvalue weighted by molar-refractivity contribution is 7.71. The molecule has 0 saturated carbocycles. The second-order valence-electron chi connectivity index (χ2n) is 4.24. The summed E-state index contributed by atoms with van der Waals surface area (Å²) in [6.07, 6.45) is 4.96. The Kier molecular flexibility index (Phi) is 3.57. The summed E-state index contributed by atoms with van der Waals surface area (Å²) in [5.74, 6) is 0.780. The molecule has 0 fully saturated rings. The number of rotatable bonds is 3. The van der Waals surface area contributed by atoms with Crippen molar-refractivity contribution < 1.29 is 5.11 Å². The Morgan fingerprint density at radius 3 is 2.81 bits per heavy atom. The number of pyridine rings is 1. The Bertz CT molecular complexity index is 838. The first-order chi connectivity index (χ1) is 10.2. The first kappa shape index (κ1) is 13.2. The van der Waals surface area contributed by atoms with E-state index in [1.807, 2.05) is 18.2 Å². The zero-order chi connectivity index (χ0) is 14.7. The highest BCUT2D eigenvalue weighted by Gasteiger charge is 2.07. The number of benzene rings is 1. The molecule has 0 bridgehead atoms. The van der Waals surface area contributed by atoms with Crippen LogP contribution in [-0.2, 0) is 0 Å². The van der Waals surface area contributed by atoms with Gasteiger partial charge in [0.25, 0.3) is 0 Å². The number of nitrogens with one attached hydrogen (secondary N) is 1. The molecule has 0 spiro atoms. The largest absolute Gasteiger partial charge is 0.508 e. The number of phenols is 1. The molecule has 6 nitrogen and oxygen atoms in total. The van der Waals surface area contributed by atoms with Crippen LogP contribution in [0.25, 0.3) is 11.4 Å². The van der Waals surface area contributed by atoms with Crippen LogP contribution in [0.4, 0.5) is 0 Å². The molecular weight excluding hydrogens is 286 g/mol. The van der Waals surface area contributed by atoms with Crippen molar-refractivity contribution in [2.75, 3.05) is 0 Å². The van der Waals surface area contributed by atoms with Gasteiger partial charge in [0.15, 0.2) is 5.82 Å². The molecule has 3 aromatic rings. The summed E-state index contributed by atoms with van der Waals surface area (Å²) in [4.78, 5) is 3.97. The number of aromatic hydroxyl groups is 1. The molecule has 0 aliphatic rings. The van der Waals surface area contributed by atoms with Crippen molar-refractivity contribution in [1.29, 1.82) is 0 Å². The number of phenolic OH excluding ortho intramolecular Hbond substituents is 1. The Morgan fingerprint density at radius 1 is 1.24 bits per heavy atom. The lowest BCUT2D eigenvalue weighted by atomic mass is 10.2. The van der Waals surface area contributed by atoms with Crippen LogP contribution in [0.1, 0.15) is 5.56 Å². The molecule has 21 heavy (non-hydrogen) atoms. The van der Waals surface area contributed by atoms with Crippen LogP contribution >= 0.6 is 12.2 Å². The van der Waals surface area contributed by atoms with Crippen molar-refractivity contribution in [2.24, 2.45) is 5.10 Å². The van der Waals surface area contributed by atoms with Gasteiger partial charge in [0.05, 0.1) is 6.21 Å². The highest BCUT2D eigenvalue weighted by atomic mass is 32.1. The second-order valence-corrected chi connectivity index (χ2v) is 4.63. The lowest BCUT2D eigenvalue weighted by molar-refractivity contribution is 0.475. The van der Waals surface area contributed by atoms with Gasteiger partial charge in [0.2, 0.25) is 4.77 Å². The van der Waals surface area contributed by atoms with Gasteiger partial charge in [-0.15, -0.1) is 0 Å². The zero-order valence-electron chi connectivity index (χ0n) is 10.8. The Balaban J connectivity index is 2.00. The van der Waals surface area contributed by atoms with E-state index in [1.165, 1.54) is 4.68 Å².